The van der Waals surface area contributed by atoms with Crippen molar-refractivity contribution < 1.29 is 9.72 Å². The molecule has 0 N–H and O–H groups in total. The Morgan fingerprint density at radius 2 is 1.95 bits per heavy atom. The Bertz CT molecular complexity index is 504. The monoisotopic (exact) mass is 264 g/mol. The summed E-state index contributed by atoms with van der Waals surface area (Å²) in [6.45, 7) is 8.29. The Hall–Kier alpha value is -1.91. The summed E-state index contributed by atoms with van der Waals surface area (Å²) in [5.41, 5.74) is 0.894. The zero-order chi connectivity index (χ0) is 14.8. The Kier molecular flexibility index (Phi) is 4.29. The zero-order valence-corrected chi connectivity index (χ0v) is 12.1. The molecule has 5 nitrogen and oxygen atoms in total. The molecule has 1 aromatic rings. The minimum Gasteiger partial charge on any atom is -0.369 e. The van der Waals surface area contributed by atoms with Crippen LogP contribution in [0.1, 0.15) is 38.1 Å². The Labute approximate surface area is 113 Å². The second-order valence-electron chi connectivity index (χ2n) is 5.93. The van der Waals surface area contributed by atoms with E-state index in [1.807, 2.05) is 11.9 Å². The van der Waals surface area contributed by atoms with Crippen LogP contribution in [0.15, 0.2) is 18.2 Å². The molecule has 0 aliphatic carbocycles. The van der Waals surface area contributed by atoms with Gasteiger partial charge in [0.05, 0.1) is 4.92 Å². The average molecular weight is 264 g/mol. The molecule has 0 radical (unpaired) electrons. The summed E-state index contributed by atoms with van der Waals surface area (Å²) >= 11 is 0. The first-order valence-corrected chi connectivity index (χ1v) is 6.12. The topological polar surface area (TPSA) is 63.5 Å². The molecule has 1 rings (SSSR count). The molecule has 19 heavy (non-hydrogen) atoms. The van der Waals surface area contributed by atoms with Gasteiger partial charge in [0.2, 0.25) is 0 Å². The number of hydrogen-bond donors (Lipinski definition) is 0. The molecule has 0 aliphatic rings. The molecule has 104 valence electrons. The largest absolute Gasteiger partial charge is 0.369 e. The molecule has 0 bridgehead atoms. The minimum atomic E-state index is -0.444. The van der Waals surface area contributed by atoms with E-state index in [-0.39, 0.29) is 16.9 Å². The minimum absolute atomic E-state index is 0.0283. The highest BCUT2D eigenvalue weighted by Crippen LogP contribution is 2.30. The summed E-state index contributed by atoms with van der Waals surface area (Å²) in [5, 5.41) is 11.1. The van der Waals surface area contributed by atoms with Crippen molar-refractivity contribution >= 4 is 17.2 Å². The van der Waals surface area contributed by atoms with E-state index in [0.717, 1.165) is 0 Å². The van der Waals surface area contributed by atoms with Crippen LogP contribution in [0, 0.1) is 15.5 Å². The van der Waals surface area contributed by atoms with Crippen molar-refractivity contribution in [1.82, 2.24) is 0 Å². The predicted molar refractivity (Wildman–Crippen MR) is 75.8 cm³/mol. The molecule has 0 heterocycles. The molecule has 0 atom stereocenters. The highest BCUT2D eigenvalue weighted by molar-refractivity contribution is 5.95. The van der Waals surface area contributed by atoms with Gasteiger partial charge in [-0.05, 0) is 24.5 Å². The number of ketones is 1. The third kappa shape index (κ3) is 4.05. The molecule has 0 fully saturated rings. The standard InChI is InChI=1S/C14H20N2O3/c1-10(17)11-6-7-12(13(8-11)16(18)19)15(5)9-14(2,3)4/h6-8H,9H2,1-5H3. The Morgan fingerprint density at radius 1 is 1.37 bits per heavy atom. The lowest BCUT2D eigenvalue weighted by atomic mass is 9.96. The first-order chi connectivity index (χ1) is 8.61. The van der Waals surface area contributed by atoms with Crippen molar-refractivity contribution in [3.05, 3.63) is 33.9 Å². The van der Waals surface area contributed by atoms with Gasteiger partial charge >= 0.3 is 0 Å². The van der Waals surface area contributed by atoms with E-state index in [0.29, 0.717) is 17.8 Å². The maximum absolute atomic E-state index is 11.3. The number of Topliss-reactive ketones (excluding diaryl/α,β-unsaturated/α-hetero) is 1. The van der Waals surface area contributed by atoms with Crippen LogP contribution >= 0.6 is 0 Å². The Morgan fingerprint density at radius 3 is 2.37 bits per heavy atom. The molecule has 0 spiro atoms. The smallest absolute Gasteiger partial charge is 0.293 e. The first kappa shape index (κ1) is 15.1. The lowest BCUT2D eigenvalue weighted by Crippen LogP contribution is -2.29. The molecular formula is C14H20N2O3. The van der Waals surface area contributed by atoms with E-state index < -0.39 is 4.92 Å². The molecule has 0 amide bonds. The van der Waals surface area contributed by atoms with Gasteiger partial charge in [-0.2, -0.15) is 0 Å². The average Bonchev–Trinajstić information content (AvgIpc) is 2.25. The second kappa shape index (κ2) is 5.38. The molecule has 0 unspecified atom stereocenters. The van der Waals surface area contributed by atoms with Gasteiger partial charge in [0.1, 0.15) is 5.69 Å². The number of nitro groups is 1. The number of carbonyl (C=O) groups is 1. The molecule has 0 saturated heterocycles. The molecule has 0 aliphatic heterocycles. The number of benzene rings is 1. The van der Waals surface area contributed by atoms with E-state index in [1.54, 1.807) is 12.1 Å². The van der Waals surface area contributed by atoms with Crippen LogP contribution < -0.4 is 4.90 Å². The zero-order valence-electron chi connectivity index (χ0n) is 12.1. The molecule has 0 saturated carbocycles. The van der Waals surface area contributed by atoms with Crippen molar-refractivity contribution in [3.8, 4) is 0 Å². The molecule has 5 heteroatoms. The van der Waals surface area contributed by atoms with Crippen molar-refractivity contribution in [1.29, 1.82) is 0 Å². The first-order valence-electron chi connectivity index (χ1n) is 6.12. The maximum Gasteiger partial charge on any atom is 0.293 e. The fraction of sp³-hybridized carbons (Fsp3) is 0.500. The lowest BCUT2D eigenvalue weighted by Gasteiger charge is -2.28. The van der Waals surface area contributed by atoms with Gasteiger partial charge in [0, 0.05) is 25.2 Å². The quantitative estimate of drug-likeness (QED) is 0.475. The van der Waals surface area contributed by atoms with Crippen LogP contribution in [0.2, 0.25) is 0 Å². The van der Waals surface area contributed by atoms with Crippen molar-refractivity contribution in [2.24, 2.45) is 5.41 Å². The van der Waals surface area contributed by atoms with E-state index in [1.165, 1.54) is 13.0 Å². The van der Waals surface area contributed by atoms with Gasteiger partial charge in [-0.3, -0.25) is 14.9 Å². The number of carbonyl (C=O) groups excluding carboxylic acids is 1. The van der Waals surface area contributed by atoms with Crippen LogP contribution in [0.5, 0.6) is 0 Å². The SMILES string of the molecule is CC(=O)c1ccc(N(C)CC(C)(C)C)c([N+](=O)[O-])c1. The van der Waals surface area contributed by atoms with Crippen LogP contribution in [0.25, 0.3) is 0 Å². The Balaban J connectivity index is 3.20. The summed E-state index contributed by atoms with van der Waals surface area (Å²) in [7, 11) is 1.82. The number of nitro benzene ring substituents is 1. The number of rotatable bonds is 4. The highest BCUT2D eigenvalue weighted by atomic mass is 16.6. The predicted octanol–water partition coefficient (Wildman–Crippen LogP) is 3.28. The molecule has 0 aromatic heterocycles. The van der Waals surface area contributed by atoms with Gasteiger partial charge in [0.15, 0.2) is 5.78 Å². The normalized spacial score (nSPS) is 11.2. The number of anilines is 1. The van der Waals surface area contributed by atoms with Crippen LogP contribution in [0.4, 0.5) is 11.4 Å². The van der Waals surface area contributed by atoms with Gasteiger partial charge in [-0.25, -0.2) is 0 Å². The summed E-state index contributed by atoms with van der Waals surface area (Å²) < 4.78 is 0. The highest BCUT2D eigenvalue weighted by Gasteiger charge is 2.22. The van der Waals surface area contributed by atoms with Gasteiger partial charge < -0.3 is 4.90 Å². The van der Waals surface area contributed by atoms with E-state index >= 15 is 0 Å². The van der Waals surface area contributed by atoms with Crippen LogP contribution in [-0.4, -0.2) is 24.3 Å². The molecular weight excluding hydrogens is 244 g/mol. The van der Waals surface area contributed by atoms with Crippen LogP contribution in [-0.2, 0) is 0 Å². The number of nitrogens with zero attached hydrogens (tertiary/aromatic N) is 2. The fourth-order valence-corrected chi connectivity index (χ4v) is 2.01. The summed E-state index contributed by atoms with van der Waals surface area (Å²) in [6, 6.07) is 4.61. The van der Waals surface area contributed by atoms with E-state index in [2.05, 4.69) is 20.8 Å². The van der Waals surface area contributed by atoms with Gasteiger partial charge in [-0.15, -0.1) is 0 Å². The second-order valence-corrected chi connectivity index (χ2v) is 5.93. The fourth-order valence-electron chi connectivity index (χ4n) is 2.01. The summed E-state index contributed by atoms with van der Waals surface area (Å²) in [6.07, 6.45) is 0. The third-order valence-electron chi connectivity index (χ3n) is 2.70. The van der Waals surface area contributed by atoms with E-state index in [4.69, 9.17) is 0 Å². The van der Waals surface area contributed by atoms with Crippen molar-refractivity contribution in [2.45, 2.75) is 27.7 Å². The maximum atomic E-state index is 11.3. The van der Waals surface area contributed by atoms with Crippen molar-refractivity contribution in [2.75, 3.05) is 18.5 Å². The van der Waals surface area contributed by atoms with Gasteiger partial charge in [0.25, 0.3) is 5.69 Å². The lowest BCUT2D eigenvalue weighted by molar-refractivity contribution is -0.384. The summed E-state index contributed by atoms with van der Waals surface area (Å²) in [5.74, 6) is -0.173. The van der Waals surface area contributed by atoms with Gasteiger partial charge in [-0.1, -0.05) is 20.8 Å². The van der Waals surface area contributed by atoms with Crippen molar-refractivity contribution in [3.63, 3.8) is 0 Å². The van der Waals surface area contributed by atoms with Crippen LogP contribution in [0.3, 0.4) is 0 Å². The van der Waals surface area contributed by atoms with E-state index in [9.17, 15) is 14.9 Å². The molecule has 1 aromatic carbocycles. The number of hydrogen-bond acceptors (Lipinski definition) is 4. The summed E-state index contributed by atoms with van der Waals surface area (Å²) in [4.78, 5) is 23.8. The third-order valence-corrected chi connectivity index (χ3v) is 2.70.